The van der Waals surface area contributed by atoms with Crippen LogP contribution in [0.3, 0.4) is 0 Å². The van der Waals surface area contributed by atoms with Crippen LogP contribution in [0.25, 0.3) is 21.7 Å². The number of H-pyrrole nitrogens is 1. The van der Waals surface area contributed by atoms with E-state index in [4.69, 9.17) is 5.73 Å². The zero-order valence-electron chi connectivity index (χ0n) is 14.8. The number of aromatic amines is 1. The predicted molar refractivity (Wildman–Crippen MR) is 105 cm³/mol. The van der Waals surface area contributed by atoms with E-state index in [0.29, 0.717) is 11.6 Å². The summed E-state index contributed by atoms with van der Waals surface area (Å²) in [4.78, 5) is 23.9. The number of nitrogens with zero attached hydrogens (tertiary/aromatic N) is 2. The molecule has 2 aromatic heterocycles. The Kier molecular flexibility index (Phi) is 3.92. The van der Waals surface area contributed by atoms with Gasteiger partial charge < -0.3 is 10.7 Å². The Morgan fingerprint density at radius 3 is 2.62 bits per heavy atom. The molecule has 0 saturated heterocycles. The van der Waals surface area contributed by atoms with E-state index in [1.54, 1.807) is 0 Å². The molecule has 0 amide bonds. The summed E-state index contributed by atoms with van der Waals surface area (Å²) < 4.78 is 0. The molecule has 26 heavy (non-hydrogen) atoms. The number of nitrogens with two attached hydrogens (primary N) is 1. The van der Waals surface area contributed by atoms with Crippen molar-refractivity contribution in [3.8, 4) is 0 Å². The normalized spacial score (nSPS) is 11.3. The molecule has 4 aromatic rings. The molecule has 0 aliphatic carbocycles. The van der Waals surface area contributed by atoms with Gasteiger partial charge in [0.2, 0.25) is 0 Å². The molecule has 0 fully saturated rings. The van der Waals surface area contributed by atoms with Crippen LogP contribution in [0.5, 0.6) is 0 Å². The largest absolute Gasteiger partial charge is 0.383 e. The number of fused-ring (bicyclic) bond motifs is 2. The van der Waals surface area contributed by atoms with Crippen molar-refractivity contribution in [2.75, 3.05) is 5.73 Å². The first-order valence-electron chi connectivity index (χ1n) is 8.65. The third kappa shape index (κ3) is 3.04. The molecule has 2 heterocycles. The average Bonchev–Trinajstić information content (AvgIpc) is 2.59. The number of benzene rings is 2. The molecular formula is C21H20N4O. The molecule has 5 heteroatoms. The van der Waals surface area contributed by atoms with Gasteiger partial charge in [-0.15, -0.1) is 0 Å². The van der Waals surface area contributed by atoms with Crippen molar-refractivity contribution >= 4 is 27.5 Å². The van der Waals surface area contributed by atoms with Crippen molar-refractivity contribution in [3.63, 3.8) is 0 Å². The standard InChI is InChI=1S/C21H20N4O/c1-12-3-7-17-15(9-12)11-16(25-21(17)26)6-4-14-5-8-18-19(10-14)23-13(2)24-20(18)22/h3,5,7-11H,4,6H2,1-2H3,(H,25,26)(H2,22,23,24). The maximum absolute atomic E-state index is 12.3. The second kappa shape index (κ2) is 6.26. The van der Waals surface area contributed by atoms with E-state index in [0.717, 1.165) is 51.3 Å². The van der Waals surface area contributed by atoms with E-state index in [1.807, 2.05) is 50.2 Å². The first-order chi connectivity index (χ1) is 12.5. The molecule has 0 spiro atoms. The van der Waals surface area contributed by atoms with Gasteiger partial charge in [0.25, 0.3) is 5.56 Å². The molecular weight excluding hydrogens is 324 g/mol. The summed E-state index contributed by atoms with van der Waals surface area (Å²) in [5.74, 6) is 1.18. The molecule has 0 aliphatic rings. The fraction of sp³-hybridized carbons (Fsp3) is 0.190. The highest BCUT2D eigenvalue weighted by Gasteiger charge is 2.06. The molecule has 4 rings (SSSR count). The Labute approximate surface area is 150 Å². The zero-order chi connectivity index (χ0) is 18.3. The van der Waals surface area contributed by atoms with E-state index < -0.39 is 0 Å². The van der Waals surface area contributed by atoms with Gasteiger partial charge in [0, 0.05) is 16.5 Å². The minimum Gasteiger partial charge on any atom is -0.383 e. The highest BCUT2D eigenvalue weighted by atomic mass is 16.1. The minimum atomic E-state index is -0.0350. The number of nitrogen functional groups attached to an aromatic ring is 1. The van der Waals surface area contributed by atoms with E-state index in [2.05, 4.69) is 21.0 Å². The van der Waals surface area contributed by atoms with Gasteiger partial charge in [0.15, 0.2) is 0 Å². The van der Waals surface area contributed by atoms with Crippen molar-refractivity contribution in [1.82, 2.24) is 15.0 Å². The Morgan fingerprint density at radius 1 is 0.962 bits per heavy atom. The minimum absolute atomic E-state index is 0.0350. The molecule has 0 atom stereocenters. The van der Waals surface area contributed by atoms with E-state index >= 15 is 0 Å². The Morgan fingerprint density at radius 2 is 1.77 bits per heavy atom. The highest BCUT2D eigenvalue weighted by molar-refractivity contribution is 5.88. The van der Waals surface area contributed by atoms with Gasteiger partial charge in [-0.05, 0) is 61.9 Å². The second-order valence-electron chi connectivity index (χ2n) is 6.72. The Balaban J connectivity index is 1.63. The highest BCUT2D eigenvalue weighted by Crippen LogP contribution is 2.20. The number of pyridine rings is 1. The topological polar surface area (TPSA) is 84.7 Å². The van der Waals surface area contributed by atoms with Crippen LogP contribution in [0, 0.1) is 13.8 Å². The van der Waals surface area contributed by atoms with Crippen molar-refractivity contribution in [2.24, 2.45) is 0 Å². The maximum atomic E-state index is 12.3. The van der Waals surface area contributed by atoms with Crippen LogP contribution in [0.1, 0.15) is 22.6 Å². The van der Waals surface area contributed by atoms with E-state index in [9.17, 15) is 4.79 Å². The lowest BCUT2D eigenvalue weighted by Crippen LogP contribution is -2.10. The lowest BCUT2D eigenvalue weighted by molar-refractivity contribution is 0.910. The van der Waals surface area contributed by atoms with Gasteiger partial charge in [-0.25, -0.2) is 9.97 Å². The van der Waals surface area contributed by atoms with Gasteiger partial charge in [-0.3, -0.25) is 4.79 Å². The summed E-state index contributed by atoms with van der Waals surface area (Å²) in [5, 5.41) is 2.58. The Hall–Kier alpha value is -3.21. The third-order valence-corrected chi connectivity index (χ3v) is 4.64. The molecule has 0 aliphatic heterocycles. The van der Waals surface area contributed by atoms with Gasteiger partial charge in [0.1, 0.15) is 11.6 Å². The summed E-state index contributed by atoms with van der Waals surface area (Å²) in [6.45, 7) is 3.87. The molecule has 2 aromatic carbocycles. The number of nitrogens with one attached hydrogen (secondary N) is 1. The average molecular weight is 344 g/mol. The Bertz CT molecular complexity index is 1190. The number of aryl methyl sites for hydroxylation is 4. The van der Waals surface area contributed by atoms with Crippen LogP contribution in [0.2, 0.25) is 0 Å². The quantitative estimate of drug-likeness (QED) is 0.596. The first kappa shape index (κ1) is 16.3. The molecule has 0 bridgehead atoms. The molecule has 5 nitrogen and oxygen atoms in total. The number of anilines is 1. The zero-order valence-corrected chi connectivity index (χ0v) is 14.8. The molecule has 130 valence electrons. The third-order valence-electron chi connectivity index (χ3n) is 4.64. The molecule has 0 saturated carbocycles. The van der Waals surface area contributed by atoms with E-state index in [1.165, 1.54) is 0 Å². The number of hydrogen-bond donors (Lipinski definition) is 2. The summed E-state index contributed by atoms with van der Waals surface area (Å²) in [7, 11) is 0. The summed E-state index contributed by atoms with van der Waals surface area (Å²) in [5.41, 5.74) is 10.0. The lowest BCUT2D eigenvalue weighted by atomic mass is 10.0. The SMILES string of the molecule is Cc1ccc2c(=O)[nH]c(CCc3ccc4c(N)nc(C)nc4c3)cc2c1. The molecule has 3 N–H and O–H groups in total. The fourth-order valence-electron chi connectivity index (χ4n) is 3.33. The lowest BCUT2D eigenvalue weighted by Gasteiger charge is -2.07. The molecule has 0 radical (unpaired) electrons. The van der Waals surface area contributed by atoms with Crippen LogP contribution < -0.4 is 11.3 Å². The fourth-order valence-corrected chi connectivity index (χ4v) is 3.33. The van der Waals surface area contributed by atoms with Crippen LogP contribution in [0.15, 0.2) is 47.3 Å². The monoisotopic (exact) mass is 344 g/mol. The predicted octanol–water partition coefficient (Wildman–Crippen LogP) is 3.46. The van der Waals surface area contributed by atoms with Crippen molar-refractivity contribution in [2.45, 2.75) is 26.7 Å². The molecule has 0 unspecified atom stereocenters. The second-order valence-corrected chi connectivity index (χ2v) is 6.72. The van der Waals surface area contributed by atoms with Crippen molar-refractivity contribution < 1.29 is 0 Å². The summed E-state index contributed by atoms with van der Waals surface area (Å²) in [6.07, 6.45) is 1.57. The van der Waals surface area contributed by atoms with Gasteiger partial charge in [-0.1, -0.05) is 23.8 Å². The summed E-state index contributed by atoms with van der Waals surface area (Å²) >= 11 is 0. The number of rotatable bonds is 3. The van der Waals surface area contributed by atoms with Crippen LogP contribution in [0.4, 0.5) is 5.82 Å². The number of hydrogen-bond acceptors (Lipinski definition) is 4. The van der Waals surface area contributed by atoms with Gasteiger partial charge >= 0.3 is 0 Å². The smallest absolute Gasteiger partial charge is 0.256 e. The summed E-state index contributed by atoms with van der Waals surface area (Å²) in [6, 6.07) is 14.0. The van der Waals surface area contributed by atoms with Crippen molar-refractivity contribution in [3.05, 3.63) is 75.5 Å². The van der Waals surface area contributed by atoms with E-state index in [-0.39, 0.29) is 5.56 Å². The van der Waals surface area contributed by atoms with Crippen LogP contribution in [-0.2, 0) is 12.8 Å². The number of aromatic nitrogens is 3. The van der Waals surface area contributed by atoms with Crippen LogP contribution >= 0.6 is 0 Å². The van der Waals surface area contributed by atoms with Gasteiger partial charge in [-0.2, -0.15) is 0 Å². The van der Waals surface area contributed by atoms with Gasteiger partial charge in [0.05, 0.1) is 5.52 Å². The maximum Gasteiger partial charge on any atom is 0.256 e. The van der Waals surface area contributed by atoms with Crippen LogP contribution in [-0.4, -0.2) is 15.0 Å². The first-order valence-corrected chi connectivity index (χ1v) is 8.65. The van der Waals surface area contributed by atoms with Crippen molar-refractivity contribution in [1.29, 1.82) is 0 Å².